The minimum atomic E-state index is -0.942. The van der Waals surface area contributed by atoms with Crippen molar-refractivity contribution in [2.24, 2.45) is 5.41 Å². The van der Waals surface area contributed by atoms with Crippen molar-refractivity contribution in [3.8, 4) is 21.9 Å². The molecule has 5 N–H and O–H groups in total. The third kappa shape index (κ3) is 12.3. The second-order valence-electron chi connectivity index (χ2n) is 19.2. The Morgan fingerprint density at radius 2 is 1.55 bits per heavy atom. The zero-order valence-electron chi connectivity index (χ0n) is 41.3. The Labute approximate surface area is 428 Å². The van der Waals surface area contributed by atoms with Crippen LogP contribution in [0.1, 0.15) is 52.3 Å². The van der Waals surface area contributed by atoms with Gasteiger partial charge in [-0.05, 0) is 61.6 Å². The van der Waals surface area contributed by atoms with Gasteiger partial charge in [0.1, 0.15) is 51.6 Å². The van der Waals surface area contributed by atoms with E-state index in [-0.39, 0.29) is 58.6 Å². The average Bonchev–Trinajstić information content (AvgIpc) is 3.97. The Morgan fingerprint density at radius 1 is 0.901 bits per heavy atom. The van der Waals surface area contributed by atoms with Gasteiger partial charge in [-0.3, -0.25) is 24.2 Å². The Hall–Kier alpha value is -6.25. The number of hydrogen-bond donors (Lipinski definition) is 5. The number of benzene rings is 3. The second kappa shape index (κ2) is 22.0. The summed E-state index contributed by atoms with van der Waals surface area (Å²) in [6.07, 6.45) is 0.542. The number of anilines is 5. The van der Waals surface area contributed by atoms with Gasteiger partial charge in [-0.15, -0.1) is 11.3 Å². The zero-order valence-corrected chi connectivity index (χ0v) is 43.6. The van der Waals surface area contributed by atoms with E-state index in [2.05, 4.69) is 46.0 Å². The summed E-state index contributed by atoms with van der Waals surface area (Å²) < 4.78 is 10.6. The number of methoxy groups -OCH3 is 2. The molecule has 2 aliphatic heterocycles. The molecule has 2 saturated heterocycles. The highest BCUT2D eigenvalue weighted by Crippen LogP contribution is 2.44. The lowest BCUT2D eigenvalue weighted by atomic mass is 9.85. The van der Waals surface area contributed by atoms with Crippen LogP contribution in [0.4, 0.5) is 33.5 Å². The highest BCUT2D eigenvalue weighted by atomic mass is 35.5. The summed E-state index contributed by atoms with van der Waals surface area (Å²) in [5, 5.41) is 23.1. The van der Waals surface area contributed by atoms with Crippen molar-refractivity contribution in [1.82, 2.24) is 35.4 Å². The fourth-order valence-electron chi connectivity index (χ4n) is 8.57. The molecule has 18 nitrogen and oxygen atoms in total. The zero-order chi connectivity index (χ0) is 51.4. The van der Waals surface area contributed by atoms with Crippen molar-refractivity contribution in [2.75, 3.05) is 81.0 Å². The molecule has 0 saturated carbocycles. The third-order valence-corrected chi connectivity index (χ3v) is 14.4. The fourth-order valence-corrected chi connectivity index (χ4v) is 9.97. The van der Waals surface area contributed by atoms with Crippen molar-refractivity contribution in [2.45, 2.75) is 71.7 Å². The SMILES string of the molecule is COc1cc(OC)c(Cl)c(NC(=O)N(C)c2cc(Nc3ccc(N4CCN(CC(=O)N[C@H](C(=O)N5C[C@H](O)C[C@H]5C(=O)NC(C)(C)c5ccc(-c6scnc6C)cc5)C(C)(C)C)CC4)cc3)ncn2)c1Cl. The molecule has 3 atom stereocenters. The quantitative estimate of drug-likeness (QED) is 0.0699. The van der Waals surface area contributed by atoms with Gasteiger partial charge in [0.2, 0.25) is 17.7 Å². The first-order chi connectivity index (χ1) is 33.7. The van der Waals surface area contributed by atoms with Crippen molar-refractivity contribution in [3.05, 3.63) is 93.8 Å². The first-order valence-corrected chi connectivity index (χ1v) is 24.7. The predicted octanol–water partition coefficient (Wildman–Crippen LogP) is 7.31. The van der Waals surface area contributed by atoms with Crippen molar-refractivity contribution in [3.63, 3.8) is 0 Å². The molecule has 2 aliphatic rings. The Kier molecular flexibility index (Phi) is 16.3. The number of aliphatic hydroxyl groups excluding tert-OH is 1. The van der Waals surface area contributed by atoms with Crippen LogP contribution < -0.4 is 40.5 Å². The van der Waals surface area contributed by atoms with Gasteiger partial charge < -0.3 is 45.6 Å². The standard InChI is InChI=1S/C50H61Cl2N11O7S/c1-29-44(71-28-55-29)30-10-12-31(13-11-30)50(5,6)59-46(66)35-22-34(64)25-63(35)47(67)45(49(2,3)4)57-40(65)26-61-18-20-62(21-19-61)33-16-14-32(15-17-33)56-38-24-39(54-27-53-38)60(7)48(68)58-43-41(51)36(69-8)23-37(70-9)42(43)52/h10-17,23-24,27-28,34-35,45,64H,18-22,25-26H2,1-9H3,(H,57,65)(H,58,68)(H,59,66)(H,53,54,56)/t34-,35+,45-/m1/s1. The Morgan fingerprint density at radius 3 is 2.14 bits per heavy atom. The van der Waals surface area contributed by atoms with Crippen LogP contribution in [0.5, 0.6) is 11.5 Å². The number of hydrogen-bond acceptors (Lipinski definition) is 14. The molecule has 2 aromatic heterocycles. The number of thiazole rings is 1. The number of rotatable bonds is 15. The molecule has 71 heavy (non-hydrogen) atoms. The highest BCUT2D eigenvalue weighted by molar-refractivity contribution is 7.13. The number of aryl methyl sites for hydroxylation is 1. The van der Waals surface area contributed by atoms with E-state index >= 15 is 0 Å². The van der Waals surface area contributed by atoms with Crippen LogP contribution in [0.25, 0.3) is 10.4 Å². The molecule has 7 rings (SSSR count). The van der Waals surface area contributed by atoms with E-state index in [1.54, 1.807) is 24.5 Å². The second-order valence-corrected chi connectivity index (χ2v) is 20.8. The number of β-amino-alcohol motifs (C(OH)–C–C–N with tert-alkyl or cyclic N) is 1. The van der Waals surface area contributed by atoms with Gasteiger partial charge in [0.25, 0.3) is 0 Å². The lowest BCUT2D eigenvalue weighted by molar-refractivity contribution is -0.144. The normalized spacial score (nSPS) is 16.8. The van der Waals surface area contributed by atoms with Crippen LogP contribution in [0.2, 0.25) is 10.0 Å². The molecular formula is C50H61Cl2N11O7S. The molecule has 0 aliphatic carbocycles. The number of aromatic nitrogens is 3. The number of nitrogens with zero attached hydrogens (tertiary/aromatic N) is 7. The summed E-state index contributed by atoms with van der Waals surface area (Å²) in [7, 11) is 4.42. The molecule has 0 spiro atoms. The molecule has 378 valence electrons. The third-order valence-electron chi connectivity index (χ3n) is 12.7. The van der Waals surface area contributed by atoms with E-state index in [0.29, 0.717) is 37.8 Å². The monoisotopic (exact) mass is 1030 g/mol. The minimum absolute atomic E-state index is 0.0169. The predicted molar refractivity (Wildman–Crippen MR) is 278 cm³/mol. The molecule has 21 heteroatoms. The summed E-state index contributed by atoms with van der Waals surface area (Å²) >= 11 is 14.5. The lowest BCUT2D eigenvalue weighted by Crippen LogP contribution is -2.60. The molecule has 3 aromatic carbocycles. The Balaban J connectivity index is 0.903. The van der Waals surface area contributed by atoms with E-state index in [4.69, 9.17) is 32.7 Å². The smallest absolute Gasteiger partial charge is 0.327 e. The van der Waals surface area contributed by atoms with E-state index in [1.807, 2.05) is 95.6 Å². The summed E-state index contributed by atoms with van der Waals surface area (Å²) in [5.41, 5.74) is 5.11. The summed E-state index contributed by atoms with van der Waals surface area (Å²) in [4.78, 5) is 76.3. The van der Waals surface area contributed by atoms with Crippen LogP contribution in [0.15, 0.2) is 72.5 Å². The van der Waals surface area contributed by atoms with Gasteiger partial charge in [-0.2, -0.15) is 0 Å². The molecular weight excluding hydrogens is 970 g/mol. The number of amides is 5. The van der Waals surface area contributed by atoms with Gasteiger partial charge in [0.05, 0.1) is 54.2 Å². The maximum Gasteiger partial charge on any atom is 0.327 e. The maximum absolute atomic E-state index is 14.3. The lowest BCUT2D eigenvalue weighted by Gasteiger charge is -2.38. The molecule has 5 aromatic rings. The molecule has 0 unspecified atom stereocenters. The van der Waals surface area contributed by atoms with Crippen LogP contribution >= 0.6 is 34.5 Å². The topological polar surface area (TPSA) is 207 Å². The number of halogens is 2. The molecule has 0 radical (unpaired) electrons. The van der Waals surface area contributed by atoms with Crippen molar-refractivity contribution >= 4 is 87.0 Å². The van der Waals surface area contributed by atoms with Crippen LogP contribution in [0.3, 0.4) is 0 Å². The van der Waals surface area contributed by atoms with Crippen LogP contribution in [0, 0.1) is 12.3 Å². The number of carbonyl (C=O) groups is 4. The van der Waals surface area contributed by atoms with Gasteiger partial charge in [-0.25, -0.2) is 19.7 Å². The van der Waals surface area contributed by atoms with Crippen LogP contribution in [-0.2, 0) is 19.9 Å². The first kappa shape index (κ1) is 52.6. The van der Waals surface area contributed by atoms with Gasteiger partial charge >= 0.3 is 6.03 Å². The first-order valence-electron chi connectivity index (χ1n) is 23.1. The maximum atomic E-state index is 14.3. The molecule has 0 bridgehead atoms. The Bertz CT molecular complexity index is 2700. The van der Waals surface area contributed by atoms with Gasteiger partial charge in [0.15, 0.2) is 0 Å². The van der Waals surface area contributed by atoms with E-state index < -0.39 is 41.1 Å². The van der Waals surface area contributed by atoms with Gasteiger partial charge in [-0.1, -0.05) is 68.2 Å². The highest BCUT2D eigenvalue weighted by Gasteiger charge is 2.45. The molecule has 5 amide bonds. The van der Waals surface area contributed by atoms with E-state index in [1.165, 1.54) is 36.4 Å². The van der Waals surface area contributed by atoms with Crippen molar-refractivity contribution in [1.29, 1.82) is 0 Å². The van der Waals surface area contributed by atoms with E-state index in [0.717, 1.165) is 33.1 Å². The number of carbonyl (C=O) groups excluding carboxylic acids is 4. The summed E-state index contributed by atoms with van der Waals surface area (Å²) in [6, 6.07) is 16.5. The number of ether oxygens (including phenoxy) is 2. The number of aliphatic hydroxyl groups is 1. The fraction of sp³-hybridized carbons (Fsp3) is 0.420. The number of piperazine rings is 1. The minimum Gasteiger partial charge on any atom is -0.495 e. The average molecular weight is 1030 g/mol. The molecule has 4 heterocycles. The van der Waals surface area contributed by atoms with Crippen molar-refractivity contribution < 1.29 is 33.8 Å². The molecule has 2 fully saturated rings. The number of likely N-dealkylation sites (tertiary alicyclic amines) is 1. The van der Waals surface area contributed by atoms with Gasteiger partial charge in [0, 0.05) is 69.7 Å². The number of nitrogens with one attached hydrogen (secondary N) is 4. The largest absolute Gasteiger partial charge is 0.495 e. The van der Waals surface area contributed by atoms with E-state index in [9.17, 15) is 24.3 Å². The number of urea groups is 1. The van der Waals surface area contributed by atoms with Crippen LogP contribution in [-0.4, -0.2) is 132 Å². The summed E-state index contributed by atoms with van der Waals surface area (Å²) in [6.45, 7) is 14.0. The summed E-state index contributed by atoms with van der Waals surface area (Å²) in [5.74, 6) is 0.215.